The Bertz CT molecular complexity index is 756. The Morgan fingerprint density at radius 2 is 2.04 bits per heavy atom. The first-order valence-electron chi connectivity index (χ1n) is 7.56. The summed E-state index contributed by atoms with van der Waals surface area (Å²) in [5, 5.41) is 14.8. The number of carboxylic acid groups (broad SMARTS) is 1. The maximum atomic E-state index is 12.4. The zero-order chi connectivity index (χ0) is 18.4. The predicted molar refractivity (Wildman–Crippen MR) is 91.9 cm³/mol. The van der Waals surface area contributed by atoms with Crippen molar-refractivity contribution in [3.05, 3.63) is 35.1 Å². The third-order valence-electron chi connectivity index (χ3n) is 3.39. The number of hydrogen-bond donors (Lipinski definition) is 4. The summed E-state index contributed by atoms with van der Waals surface area (Å²) in [7, 11) is 0. The minimum absolute atomic E-state index is 0.170. The lowest BCUT2D eigenvalue weighted by molar-refractivity contribution is -0.139. The molecule has 0 spiro atoms. The number of carbonyl (C=O) groups excluding carboxylic acids is 2. The molecule has 134 valence electrons. The highest BCUT2D eigenvalue weighted by Gasteiger charge is 2.23. The van der Waals surface area contributed by atoms with Crippen molar-refractivity contribution in [3.63, 3.8) is 0 Å². The van der Waals surface area contributed by atoms with Crippen molar-refractivity contribution in [2.75, 3.05) is 6.54 Å². The van der Waals surface area contributed by atoms with E-state index in [2.05, 4.69) is 15.6 Å². The lowest BCUT2D eigenvalue weighted by atomic mass is 10.1. The second-order valence-electron chi connectivity index (χ2n) is 5.30. The molecule has 0 aliphatic rings. The second kappa shape index (κ2) is 8.29. The Hall–Kier alpha value is -2.88. The minimum Gasteiger partial charge on any atom is -0.480 e. The molecule has 9 nitrogen and oxygen atoms in total. The van der Waals surface area contributed by atoms with Crippen molar-refractivity contribution in [2.45, 2.75) is 25.8 Å². The van der Waals surface area contributed by atoms with Gasteiger partial charge in [0.05, 0.1) is 5.69 Å². The number of carbonyl (C=O) groups is 3. The highest BCUT2D eigenvalue weighted by atomic mass is 32.1. The summed E-state index contributed by atoms with van der Waals surface area (Å²) in [5.74, 6) is -1.62. The largest absolute Gasteiger partial charge is 0.480 e. The Kier molecular flexibility index (Phi) is 6.12. The van der Waals surface area contributed by atoms with Crippen molar-refractivity contribution in [3.8, 4) is 5.13 Å². The van der Waals surface area contributed by atoms with E-state index in [4.69, 9.17) is 5.73 Å². The fraction of sp³-hybridized carbons (Fsp3) is 0.333. The number of hydrogen-bond acceptors (Lipinski definition) is 5. The molecular weight excluding hydrogens is 346 g/mol. The summed E-state index contributed by atoms with van der Waals surface area (Å²) in [4.78, 5) is 39.0. The normalized spacial score (nSPS) is 11.7. The lowest BCUT2D eigenvalue weighted by Gasteiger charge is -2.14. The molecule has 5 N–H and O–H groups in total. The van der Waals surface area contributed by atoms with Gasteiger partial charge < -0.3 is 26.0 Å². The van der Waals surface area contributed by atoms with E-state index in [1.165, 1.54) is 11.3 Å². The van der Waals surface area contributed by atoms with Crippen LogP contribution in [-0.2, 0) is 4.79 Å². The predicted octanol–water partition coefficient (Wildman–Crippen LogP) is 0.874. The number of aliphatic carboxylic acids is 1. The number of urea groups is 1. The van der Waals surface area contributed by atoms with Crippen molar-refractivity contribution in [1.82, 2.24) is 20.2 Å². The number of rotatable bonds is 8. The SMILES string of the molecule is Cc1nc(-n2cccc2)sc1C(=O)N[C@@H](CCCNC(N)=O)C(=O)O. The number of nitrogens with zero attached hydrogens (tertiary/aromatic N) is 2. The van der Waals surface area contributed by atoms with Gasteiger partial charge in [0.15, 0.2) is 5.13 Å². The number of nitrogens with two attached hydrogens (primary N) is 1. The van der Waals surface area contributed by atoms with Gasteiger partial charge in [0.25, 0.3) is 5.91 Å². The van der Waals surface area contributed by atoms with E-state index >= 15 is 0 Å². The van der Waals surface area contributed by atoms with E-state index in [9.17, 15) is 19.5 Å². The summed E-state index contributed by atoms with van der Waals surface area (Å²) in [5.41, 5.74) is 5.47. The summed E-state index contributed by atoms with van der Waals surface area (Å²) in [6.45, 7) is 1.94. The monoisotopic (exact) mass is 365 g/mol. The van der Waals surface area contributed by atoms with Gasteiger partial charge in [-0.25, -0.2) is 14.6 Å². The van der Waals surface area contributed by atoms with E-state index < -0.39 is 23.9 Å². The number of aromatic nitrogens is 2. The van der Waals surface area contributed by atoms with Crippen LogP contribution in [0.15, 0.2) is 24.5 Å². The molecule has 0 aliphatic heterocycles. The maximum Gasteiger partial charge on any atom is 0.326 e. The summed E-state index contributed by atoms with van der Waals surface area (Å²) < 4.78 is 1.78. The molecule has 2 aromatic heterocycles. The number of amides is 3. The molecule has 0 aromatic carbocycles. The molecule has 0 unspecified atom stereocenters. The van der Waals surface area contributed by atoms with Gasteiger partial charge in [0.2, 0.25) is 0 Å². The Labute approximate surface area is 147 Å². The van der Waals surface area contributed by atoms with E-state index in [1.54, 1.807) is 11.5 Å². The van der Waals surface area contributed by atoms with Crippen molar-refractivity contribution in [1.29, 1.82) is 0 Å². The van der Waals surface area contributed by atoms with E-state index in [1.807, 2.05) is 24.5 Å². The minimum atomic E-state index is -1.14. The first-order chi connectivity index (χ1) is 11.9. The van der Waals surface area contributed by atoms with Crippen LogP contribution in [0.2, 0.25) is 0 Å². The Morgan fingerprint density at radius 1 is 1.36 bits per heavy atom. The van der Waals surface area contributed by atoms with Crippen LogP contribution in [0.5, 0.6) is 0 Å². The zero-order valence-electron chi connectivity index (χ0n) is 13.6. The molecule has 0 radical (unpaired) electrons. The second-order valence-corrected chi connectivity index (χ2v) is 6.28. The third kappa shape index (κ3) is 5.05. The Balaban J connectivity index is 2.01. The van der Waals surface area contributed by atoms with Crippen LogP contribution in [0, 0.1) is 6.92 Å². The standard InChI is InChI=1S/C15H19N5O4S/c1-9-11(25-15(18-9)20-7-2-3-8-20)12(21)19-10(13(22)23)5-4-6-17-14(16)24/h2-3,7-8,10H,4-6H2,1H3,(H,19,21)(H,22,23)(H3,16,17,24)/t10-/m0/s1. The smallest absolute Gasteiger partial charge is 0.326 e. The first-order valence-corrected chi connectivity index (χ1v) is 8.38. The van der Waals surface area contributed by atoms with Gasteiger partial charge in [-0.3, -0.25) is 4.79 Å². The zero-order valence-corrected chi connectivity index (χ0v) is 14.4. The van der Waals surface area contributed by atoms with Gasteiger partial charge >= 0.3 is 12.0 Å². The fourth-order valence-electron chi connectivity index (χ4n) is 2.16. The van der Waals surface area contributed by atoms with Gasteiger partial charge in [0, 0.05) is 18.9 Å². The highest BCUT2D eigenvalue weighted by Crippen LogP contribution is 2.21. The number of nitrogens with one attached hydrogen (secondary N) is 2. The molecule has 10 heteroatoms. The van der Waals surface area contributed by atoms with E-state index in [0.717, 1.165) is 0 Å². The molecular formula is C15H19N5O4S. The molecule has 2 aromatic rings. The Morgan fingerprint density at radius 3 is 2.64 bits per heavy atom. The fourth-order valence-corrected chi connectivity index (χ4v) is 3.10. The number of thiazole rings is 1. The number of primary amides is 1. The molecule has 25 heavy (non-hydrogen) atoms. The summed E-state index contributed by atoms with van der Waals surface area (Å²) in [6, 6.07) is 1.96. The quantitative estimate of drug-likeness (QED) is 0.514. The van der Waals surface area contributed by atoms with Crippen LogP contribution >= 0.6 is 11.3 Å². The first kappa shape index (κ1) is 18.5. The summed E-state index contributed by atoms with van der Waals surface area (Å²) in [6.07, 6.45) is 4.16. The molecule has 3 amide bonds. The number of carboxylic acids is 1. The molecule has 1 atom stereocenters. The highest BCUT2D eigenvalue weighted by molar-refractivity contribution is 7.16. The van der Waals surface area contributed by atoms with Gasteiger partial charge in [-0.05, 0) is 31.9 Å². The van der Waals surface area contributed by atoms with Gasteiger partial charge in [-0.2, -0.15) is 0 Å². The maximum absolute atomic E-state index is 12.4. The van der Waals surface area contributed by atoms with Crippen LogP contribution in [0.3, 0.4) is 0 Å². The molecule has 0 bridgehead atoms. The molecule has 2 rings (SSSR count). The molecule has 0 fully saturated rings. The number of aryl methyl sites for hydroxylation is 1. The molecule has 0 saturated carbocycles. The third-order valence-corrected chi connectivity index (χ3v) is 4.56. The van der Waals surface area contributed by atoms with Gasteiger partial charge in [-0.15, -0.1) is 0 Å². The van der Waals surface area contributed by atoms with Crippen molar-refractivity contribution in [2.24, 2.45) is 5.73 Å². The topological polar surface area (TPSA) is 139 Å². The van der Waals surface area contributed by atoms with Crippen LogP contribution in [0.4, 0.5) is 4.79 Å². The van der Waals surface area contributed by atoms with Crippen LogP contribution < -0.4 is 16.4 Å². The van der Waals surface area contributed by atoms with Crippen molar-refractivity contribution < 1.29 is 19.5 Å². The molecule has 0 aliphatic carbocycles. The summed E-state index contributed by atoms with van der Waals surface area (Å²) >= 11 is 1.18. The van der Waals surface area contributed by atoms with Crippen molar-refractivity contribution >= 4 is 29.2 Å². The van der Waals surface area contributed by atoms with Crippen LogP contribution in [0.1, 0.15) is 28.2 Å². The van der Waals surface area contributed by atoms with E-state index in [0.29, 0.717) is 22.1 Å². The average molecular weight is 365 g/mol. The molecule has 0 saturated heterocycles. The average Bonchev–Trinajstić information content (AvgIpc) is 3.18. The van der Waals surface area contributed by atoms with Gasteiger partial charge in [0.1, 0.15) is 10.9 Å². The molecule has 2 heterocycles. The van der Waals surface area contributed by atoms with E-state index in [-0.39, 0.29) is 13.0 Å². The lowest BCUT2D eigenvalue weighted by Crippen LogP contribution is -2.41. The van der Waals surface area contributed by atoms with Crippen LogP contribution in [-0.4, -0.2) is 45.2 Å². The van der Waals surface area contributed by atoms with Gasteiger partial charge in [-0.1, -0.05) is 11.3 Å². The van der Waals surface area contributed by atoms with Crippen LogP contribution in [0.25, 0.3) is 5.13 Å².